The minimum Gasteiger partial charge on any atom is -0.394 e. The third-order valence-electron chi connectivity index (χ3n) is 4.62. The number of hydrogen-bond donors (Lipinski definition) is 5. The minimum atomic E-state index is -0.612. The van der Waals surface area contributed by atoms with Crippen molar-refractivity contribution >= 4 is 29.1 Å². The Morgan fingerprint density at radius 1 is 1.03 bits per heavy atom. The first-order valence-electron chi connectivity index (χ1n) is 9.47. The van der Waals surface area contributed by atoms with Gasteiger partial charge in [0.25, 0.3) is 5.56 Å². The number of aromatic nitrogens is 4. The predicted octanol–water partition coefficient (Wildman–Crippen LogP) is 2.25. The second-order valence-corrected chi connectivity index (χ2v) is 6.78. The van der Waals surface area contributed by atoms with E-state index in [0.29, 0.717) is 11.0 Å². The van der Waals surface area contributed by atoms with E-state index in [1.165, 1.54) is 0 Å². The Labute approximate surface area is 172 Å². The van der Waals surface area contributed by atoms with Crippen molar-refractivity contribution < 1.29 is 10.2 Å². The van der Waals surface area contributed by atoms with Gasteiger partial charge in [0.15, 0.2) is 0 Å². The van der Waals surface area contributed by atoms with E-state index in [2.05, 4.69) is 25.3 Å². The van der Waals surface area contributed by atoms with E-state index in [4.69, 9.17) is 0 Å². The topological polar surface area (TPSA) is 127 Å². The highest BCUT2D eigenvalue weighted by molar-refractivity contribution is 5.83. The molecule has 0 saturated carbocycles. The molecule has 4 rings (SSSR count). The number of anilines is 1. The van der Waals surface area contributed by atoms with Crippen LogP contribution in [-0.2, 0) is 0 Å². The van der Waals surface area contributed by atoms with Crippen molar-refractivity contribution in [1.29, 1.82) is 0 Å². The van der Waals surface area contributed by atoms with Crippen LogP contribution in [0.25, 0.3) is 34.4 Å². The van der Waals surface area contributed by atoms with Crippen LogP contribution in [0.3, 0.4) is 0 Å². The van der Waals surface area contributed by atoms with Gasteiger partial charge in [0.05, 0.1) is 30.3 Å². The second-order valence-electron chi connectivity index (χ2n) is 6.78. The van der Waals surface area contributed by atoms with Crippen LogP contribution in [-0.4, -0.2) is 49.4 Å². The van der Waals surface area contributed by atoms with Gasteiger partial charge in [0, 0.05) is 17.5 Å². The van der Waals surface area contributed by atoms with Crippen molar-refractivity contribution in [1.82, 2.24) is 19.9 Å². The lowest BCUT2D eigenvalue weighted by Gasteiger charge is -2.12. The number of aromatic amines is 2. The van der Waals surface area contributed by atoms with Crippen molar-refractivity contribution in [2.45, 2.75) is 6.04 Å². The van der Waals surface area contributed by atoms with Gasteiger partial charge in [0.2, 0.25) is 5.95 Å². The van der Waals surface area contributed by atoms with Crippen LogP contribution in [0, 0.1) is 0 Å². The predicted molar refractivity (Wildman–Crippen MR) is 117 cm³/mol. The van der Waals surface area contributed by atoms with Crippen LogP contribution >= 0.6 is 0 Å². The molecule has 0 atom stereocenters. The Bertz CT molecular complexity index is 1230. The molecule has 5 N–H and O–H groups in total. The van der Waals surface area contributed by atoms with Gasteiger partial charge >= 0.3 is 0 Å². The Kier molecular flexibility index (Phi) is 5.69. The minimum absolute atomic E-state index is 0.176. The maximum atomic E-state index is 12.4. The fourth-order valence-corrected chi connectivity index (χ4v) is 3.04. The zero-order valence-corrected chi connectivity index (χ0v) is 16.0. The van der Waals surface area contributed by atoms with E-state index in [0.717, 1.165) is 22.5 Å². The molecule has 0 amide bonds. The Morgan fingerprint density at radius 3 is 2.60 bits per heavy atom. The average molecular weight is 403 g/mol. The lowest BCUT2D eigenvalue weighted by atomic mass is 10.1. The zero-order valence-electron chi connectivity index (χ0n) is 16.0. The van der Waals surface area contributed by atoms with Gasteiger partial charge < -0.3 is 20.5 Å². The van der Waals surface area contributed by atoms with Crippen molar-refractivity contribution in [2.75, 3.05) is 18.5 Å². The fraction of sp³-hybridized carbons (Fsp3) is 0.136. The molecule has 0 fully saturated rings. The third kappa shape index (κ3) is 4.29. The quantitative estimate of drug-likeness (QED) is 0.322. The summed E-state index contributed by atoms with van der Waals surface area (Å²) in [6.45, 7) is -0.574. The van der Waals surface area contributed by atoms with E-state index >= 15 is 0 Å². The highest BCUT2D eigenvalue weighted by Gasteiger charge is 2.12. The van der Waals surface area contributed by atoms with Crippen LogP contribution in [0.15, 0.2) is 59.5 Å². The maximum Gasteiger partial charge on any atom is 0.261 e. The normalized spacial score (nSPS) is 11.6. The van der Waals surface area contributed by atoms with Gasteiger partial charge in [-0.2, -0.15) is 4.98 Å². The zero-order chi connectivity index (χ0) is 20.9. The molecule has 4 aromatic rings. The van der Waals surface area contributed by atoms with Crippen LogP contribution in [0.2, 0.25) is 0 Å². The SMILES string of the molecule is O=c1[nH]c(NC(CO)CO)nc2[nH]c(-c3ccnc(C=Cc4ccccc4)c3)cc12. The number of aliphatic hydroxyl groups is 2. The number of hydrogen-bond acceptors (Lipinski definition) is 6. The summed E-state index contributed by atoms with van der Waals surface area (Å²) in [5, 5.41) is 21.6. The number of fused-ring (bicyclic) bond motifs is 1. The largest absolute Gasteiger partial charge is 0.394 e. The molecular formula is C22H21N5O3. The smallest absolute Gasteiger partial charge is 0.261 e. The standard InChI is InChI=1S/C22H21N5O3/c28-12-17(13-29)24-22-26-20-18(21(30)27-22)11-19(25-20)15-8-9-23-16(10-15)7-6-14-4-2-1-3-5-14/h1-11,17,28-29H,12-13H2,(H3,24,25,26,27,30). The molecule has 0 bridgehead atoms. The van der Waals surface area contributed by atoms with Crippen LogP contribution in [0.4, 0.5) is 5.95 Å². The van der Waals surface area contributed by atoms with Gasteiger partial charge in [-0.1, -0.05) is 36.4 Å². The lowest BCUT2D eigenvalue weighted by molar-refractivity contribution is 0.203. The van der Waals surface area contributed by atoms with Gasteiger partial charge in [-0.05, 0) is 29.8 Å². The number of nitrogens with one attached hydrogen (secondary N) is 3. The lowest BCUT2D eigenvalue weighted by Crippen LogP contribution is -2.29. The van der Waals surface area contributed by atoms with E-state index in [1.54, 1.807) is 12.3 Å². The molecule has 3 aromatic heterocycles. The summed E-state index contributed by atoms with van der Waals surface area (Å²) in [7, 11) is 0. The van der Waals surface area contributed by atoms with Gasteiger partial charge in [-0.15, -0.1) is 0 Å². The number of nitrogens with zero attached hydrogens (tertiary/aromatic N) is 2. The molecule has 30 heavy (non-hydrogen) atoms. The molecule has 1 aromatic carbocycles. The van der Waals surface area contributed by atoms with Crippen molar-refractivity contribution in [3.63, 3.8) is 0 Å². The second kappa shape index (κ2) is 8.73. The first kappa shape index (κ1) is 19.6. The van der Waals surface area contributed by atoms with Crippen molar-refractivity contribution in [2.24, 2.45) is 0 Å². The molecular weight excluding hydrogens is 382 g/mol. The third-order valence-corrected chi connectivity index (χ3v) is 4.62. The number of rotatable bonds is 7. The van der Waals surface area contributed by atoms with Crippen LogP contribution in [0.1, 0.15) is 11.3 Å². The van der Waals surface area contributed by atoms with Crippen molar-refractivity contribution in [3.8, 4) is 11.3 Å². The van der Waals surface area contributed by atoms with Crippen LogP contribution in [0.5, 0.6) is 0 Å². The highest BCUT2D eigenvalue weighted by Crippen LogP contribution is 2.22. The molecule has 0 saturated heterocycles. The fourth-order valence-electron chi connectivity index (χ4n) is 3.04. The molecule has 8 nitrogen and oxygen atoms in total. The van der Waals surface area contributed by atoms with E-state index < -0.39 is 6.04 Å². The molecule has 152 valence electrons. The number of H-pyrrole nitrogens is 2. The molecule has 0 aliphatic rings. The Balaban J connectivity index is 1.64. The number of pyridine rings is 1. The van der Waals surface area contributed by atoms with Gasteiger partial charge in [-0.25, -0.2) is 0 Å². The van der Waals surface area contributed by atoms with Gasteiger partial charge in [-0.3, -0.25) is 14.8 Å². The summed E-state index contributed by atoms with van der Waals surface area (Å²) in [6, 6.07) is 14.8. The van der Waals surface area contributed by atoms with E-state index in [9.17, 15) is 15.0 Å². The highest BCUT2D eigenvalue weighted by atomic mass is 16.3. The Hall–Kier alpha value is -3.75. The molecule has 0 aliphatic carbocycles. The summed E-state index contributed by atoms with van der Waals surface area (Å²) < 4.78 is 0. The first-order chi connectivity index (χ1) is 14.7. The first-order valence-corrected chi connectivity index (χ1v) is 9.47. The average Bonchev–Trinajstić information content (AvgIpc) is 3.22. The van der Waals surface area contributed by atoms with Crippen LogP contribution < -0.4 is 10.9 Å². The molecule has 0 unspecified atom stereocenters. The summed E-state index contributed by atoms with van der Waals surface area (Å²) in [5.74, 6) is 0.176. The summed E-state index contributed by atoms with van der Waals surface area (Å²) in [5.41, 5.74) is 3.55. The summed E-state index contributed by atoms with van der Waals surface area (Å²) in [6.07, 6.45) is 5.63. The summed E-state index contributed by atoms with van der Waals surface area (Å²) >= 11 is 0. The van der Waals surface area contributed by atoms with Crippen molar-refractivity contribution in [3.05, 3.63) is 76.3 Å². The number of aliphatic hydroxyl groups excluding tert-OH is 2. The molecule has 0 spiro atoms. The molecule has 3 heterocycles. The molecule has 0 radical (unpaired) electrons. The summed E-state index contributed by atoms with van der Waals surface area (Å²) in [4.78, 5) is 26.9. The monoisotopic (exact) mass is 403 g/mol. The molecule has 0 aliphatic heterocycles. The Morgan fingerprint density at radius 2 is 1.83 bits per heavy atom. The van der Waals surface area contributed by atoms with E-state index in [1.807, 2.05) is 54.6 Å². The van der Waals surface area contributed by atoms with E-state index in [-0.39, 0.29) is 24.7 Å². The van der Waals surface area contributed by atoms with Gasteiger partial charge in [0.1, 0.15) is 5.65 Å². The molecule has 8 heteroatoms. The maximum absolute atomic E-state index is 12.4. The number of benzene rings is 1.